The summed E-state index contributed by atoms with van der Waals surface area (Å²) in [6.07, 6.45) is 1.51. The summed E-state index contributed by atoms with van der Waals surface area (Å²) in [6, 6.07) is 9.70. The van der Waals surface area contributed by atoms with Crippen LogP contribution >= 0.6 is 0 Å². The van der Waals surface area contributed by atoms with Crippen molar-refractivity contribution in [2.75, 3.05) is 26.2 Å². The molecule has 3 unspecified atom stereocenters. The first-order valence-electron chi connectivity index (χ1n) is 8.26. The molecule has 1 aliphatic heterocycles. The monoisotopic (exact) mass is 290 g/mol. The molecule has 0 saturated carbocycles. The molecule has 0 amide bonds. The highest BCUT2D eigenvalue weighted by molar-refractivity contribution is 5.28. The lowest BCUT2D eigenvalue weighted by Crippen LogP contribution is -2.48. The molecule has 1 aliphatic rings. The van der Waals surface area contributed by atoms with Gasteiger partial charge in [0.1, 0.15) is 0 Å². The summed E-state index contributed by atoms with van der Waals surface area (Å²) in [5.74, 6) is 0. The predicted molar refractivity (Wildman–Crippen MR) is 88.7 cm³/mol. The number of nitrogens with one attached hydrogen (secondary N) is 1. The van der Waals surface area contributed by atoms with Crippen LogP contribution in [0.1, 0.15) is 44.4 Å². The molecule has 1 saturated heterocycles. The number of aryl methyl sites for hydroxylation is 1. The zero-order valence-electron chi connectivity index (χ0n) is 13.9. The molecule has 1 aromatic carbocycles. The Morgan fingerprint density at radius 1 is 1.33 bits per heavy atom. The summed E-state index contributed by atoms with van der Waals surface area (Å²) in [6.45, 7) is 12.9. The van der Waals surface area contributed by atoms with Crippen molar-refractivity contribution in [3.8, 4) is 0 Å². The quantitative estimate of drug-likeness (QED) is 0.871. The first-order valence-corrected chi connectivity index (χ1v) is 8.26. The molecule has 0 bridgehead atoms. The van der Waals surface area contributed by atoms with E-state index >= 15 is 0 Å². The minimum absolute atomic E-state index is 0.359. The molecule has 1 heterocycles. The van der Waals surface area contributed by atoms with E-state index in [2.05, 4.69) is 62.2 Å². The Bertz CT molecular complexity index is 435. The summed E-state index contributed by atoms with van der Waals surface area (Å²) in [4.78, 5) is 2.57. The highest BCUT2D eigenvalue weighted by Gasteiger charge is 2.24. The van der Waals surface area contributed by atoms with Gasteiger partial charge in [-0.15, -0.1) is 0 Å². The summed E-state index contributed by atoms with van der Waals surface area (Å²) in [5, 5.41) is 3.65. The van der Waals surface area contributed by atoms with Gasteiger partial charge in [-0.1, -0.05) is 31.2 Å². The summed E-state index contributed by atoms with van der Waals surface area (Å²) in [7, 11) is 0. The minimum Gasteiger partial charge on any atom is -0.376 e. The molecule has 3 atom stereocenters. The van der Waals surface area contributed by atoms with Crippen molar-refractivity contribution in [3.05, 3.63) is 35.4 Å². The Balaban J connectivity index is 1.98. The summed E-state index contributed by atoms with van der Waals surface area (Å²) >= 11 is 0. The Morgan fingerprint density at radius 2 is 2.10 bits per heavy atom. The Morgan fingerprint density at radius 3 is 2.81 bits per heavy atom. The Kier molecular flexibility index (Phi) is 6.22. The van der Waals surface area contributed by atoms with E-state index in [1.165, 1.54) is 11.1 Å². The number of hydrogen-bond acceptors (Lipinski definition) is 3. The lowest BCUT2D eigenvalue weighted by atomic mass is 9.98. The van der Waals surface area contributed by atoms with Crippen LogP contribution in [0.2, 0.25) is 0 Å². The molecule has 1 N–H and O–H groups in total. The van der Waals surface area contributed by atoms with Crippen LogP contribution in [0.5, 0.6) is 0 Å². The molecule has 2 rings (SSSR count). The highest BCUT2D eigenvalue weighted by Crippen LogP contribution is 2.22. The van der Waals surface area contributed by atoms with Crippen LogP contribution in [0.4, 0.5) is 0 Å². The number of morpholine rings is 1. The maximum absolute atomic E-state index is 5.72. The van der Waals surface area contributed by atoms with Crippen molar-refractivity contribution in [1.29, 1.82) is 0 Å². The fourth-order valence-electron chi connectivity index (χ4n) is 3.17. The van der Waals surface area contributed by atoms with Crippen molar-refractivity contribution in [1.82, 2.24) is 10.2 Å². The zero-order chi connectivity index (χ0) is 15.2. The van der Waals surface area contributed by atoms with Gasteiger partial charge in [0.25, 0.3) is 0 Å². The molecular weight excluding hydrogens is 260 g/mol. The molecule has 3 heteroatoms. The van der Waals surface area contributed by atoms with Crippen molar-refractivity contribution >= 4 is 0 Å². The fraction of sp³-hybridized carbons (Fsp3) is 0.667. The minimum atomic E-state index is 0.359. The van der Waals surface area contributed by atoms with E-state index in [-0.39, 0.29) is 0 Å². The third kappa shape index (κ3) is 4.53. The van der Waals surface area contributed by atoms with Crippen molar-refractivity contribution in [3.63, 3.8) is 0 Å². The second-order valence-electron chi connectivity index (χ2n) is 6.24. The second kappa shape index (κ2) is 7.92. The van der Waals surface area contributed by atoms with Gasteiger partial charge in [0.05, 0.1) is 12.7 Å². The average Bonchev–Trinajstić information content (AvgIpc) is 2.47. The van der Waals surface area contributed by atoms with Crippen LogP contribution in [0.15, 0.2) is 24.3 Å². The Labute approximate surface area is 129 Å². The van der Waals surface area contributed by atoms with Crippen molar-refractivity contribution in [2.24, 2.45) is 0 Å². The molecule has 1 fully saturated rings. The first kappa shape index (κ1) is 16.5. The highest BCUT2D eigenvalue weighted by atomic mass is 16.5. The average molecular weight is 290 g/mol. The number of ether oxygens (including phenoxy) is 1. The van der Waals surface area contributed by atoms with E-state index in [0.29, 0.717) is 18.2 Å². The molecule has 21 heavy (non-hydrogen) atoms. The molecule has 0 aliphatic carbocycles. The first-order chi connectivity index (χ1) is 10.1. The maximum atomic E-state index is 5.72. The molecule has 0 aromatic heterocycles. The van der Waals surface area contributed by atoms with Crippen LogP contribution in [0, 0.1) is 6.92 Å². The second-order valence-corrected chi connectivity index (χ2v) is 6.24. The van der Waals surface area contributed by atoms with Crippen LogP contribution in [0.3, 0.4) is 0 Å². The summed E-state index contributed by atoms with van der Waals surface area (Å²) < 4.78 is 5.72. The van der Waals surface area contributed by atoms with Gasteiger partial charge >= 0.3 is 0 Å². The van der Waals surface area contributed by atoms with Crippen LogP contribution in [-0.2, 0) is 4.74 Å². The van der Waals surface area contributed by atoms with Gasteiger partial charge in [-0.3, -0.25) is 4.90 Å². The molecular formula is C18H30N2O. The van der Waals surface area contributed by atoms with Crippen molar-refractivity contribution in [2.45, 2.75) is 52.3 Å². The Hall–Kier alpha value is -0.900. The van der Waals surface area contributed by atoms with Gasteiger partial charge in [0.15, 0.2) is 0 Å². The lowest BCUT2D eigenvalue weighted by molar-refractivity contribution is -0.0502. The van der Waals surface area contributed by atoms with Gasteiger partial charge in [-0.2, -0.15) is 0 Å². The number of nitrogens with zero attached hydrogens (tertiary/aromatic N) is 1. The number of benzene rings is 1. The van der Waals surface area contributed by atoms with Gasteiger partial charge in [0, 0.05) is 25.2 Å². The number of rotatable bonds is 6. The normalized spacial score (nSPS) is 25.0. The number of hydrogen-bond donors (Lipinski definition) is 1. The van der Waals surface area contributed by atoms with Crippen molar-refractivity contribution < 1.29 is 4.74 Å². The zero-order valence-corrected chi connectivity index (χ0v) is 13.9. The standard InChI is InChI=1S/C18H30N2O/c1-5-19-18(17-9-7-6-8-14(17)2)10-11-20-12-16(4)21-13-15(20)3/h6-9,15-16,18-19H,5,10-13H2,1-4H3. The van der Waals surface area contributed by atoms with E-state index in [0.717, 1.165) is 32.7 Å². The molecule has 118 valence electrons. The van der Waals surface area contributed by atoms with Gasteiger partial charge in [-0.05, 0) is 44.9 Å². The summed E-state index contributed by atoms with van der Waals surface area (Å²) in [5.41, 5.74) is 2.82. The van der Waals surface area contributed by atoms with E-state index in [1.807, 2.05) is 0 Å². The van der Waals surface area contributed by atoms with E-state index < -0.39 is 0 Å². The van der Waals surface area contributed by atoms with Gasteiger partial charge in [0.2, 0.25) is 0 Å². The molecule has 0 spiro atoms. The lowest BCUT2D eigenvalue weighted by Gasteiger charge is -2.37. The van der Waals surface area contributed by atoms with Crippen LogP contribution in [-0.4, -0.2) is 43.3 Å². The topological polar surface area (TPSA) is 24.5 Å². The van der Waals surface area contributed by atoms with Gasteiger partial charge in [-0.25, -0.2) is 0 Å². The van der Waals surface area contributed by atoms with Crippen LogP contribution < -0.4 is 5.32 Å². The largest absolute Gasteiger partial charge is 0.376 e. The SMILES string of the molecule is CCNC(CCN1CC(C)OCC1C)c1ccccc1C. The maximum Gasteiger partial charge on any atom is 0.0674 e. The van der Waals surface area contributed by atoms with E-state index in [9.17, 15) is 0 Å². The van der Waals surface area contributed by atoms with Crippen LogP contribution in [0.25, 0.3) is 0 Å². The smallest absolute Gasteiger partial charge is 0.0674 e. The van der Waals surface area contributed by atoms with E-state index in [4.69, 9.17) is 4.74 Å². The molecule has 0 radical (unpaired) electrons. The predicted octanol–water partition coefficient (Wildman–Crippen LogP) is 3.14. The molecule has 3 nitrogen and oxygen atoms in total. The third-order valence-electron chi connectivity index (χ3n) is 4.46. The van der Waals surface area contributed by atoms with E-state index in [1.54, 1.807) is 0 Å². The third-order valence-corrected chi connectivity index (χ3v) is 4.46. The van der Waals surface area contributed by atoms with Gasteiger partial charge < -0.3 is 10.1 Å². The molecule has 1 aromatic rings. The fourth-order valence-corrected chi connectivity index (χ4v) is 3.17.